The van der Waals surface area contributed by atoms with Crippen LogP contribution in [-0.2, 0) is 9.47 Å². The van der Waals surface area contributed by atoms with Gasteiger partial charge >= 0.3 is 0 Å². The number of nitrogens with one attached hydrogen (secondary N) is 1. The lowest BCUT2D eigenvalue weighted by Gasteiger charge is -2.23. The Labute approximate surface area is 55.5 Å². The summed E-state index contributed by atoms with van der Waals surface area (Å²) in [5.74, 6) is -0.609. The Morgan fingerprint density at radius 1 is 1.44 bits per heavy atom. The predicted molar refractivity (Wildman–Crippen MR) is 35.8 cm³/mol. The molecule has 0 amide bonds. The summed E-state index contributed by atoms with van der Waals surface area (Å²) in [5.41, 5.74) is 0. The minimum atomic E-state index is -0.609. The van der Waals surface area contributed by atoms with E-state index < -0.39 is 5.79 Å². The summed E-state index contributed by atoms with van der Waals surface area (Å²) < 4.78 is 9.91. The van der Waals surface area contributed by atoms with Crippen LogP contribution in [0.2, 0.25) is 0 Å². The van der Waals surface area contributed by atoms with Gasteiger partial charge in [0, 0.05) is 26.9 Å². The lowest BCUT2D eigenvalue weighted by Crippen LogP contribution is -2.29. The van der Waals surface area contributed by atoms with Gasteiger partial charge in [-0.15, -0.1) is 0 Å². The minimum absolute atomic E-state index is 0.486. The predicted octanol–water partition coefficient (Wildman–Crippen LogP) is 1.04. The van der Waals surface area contributed by atoms with Crippen molar-refractivity contribution >= 4 is 6.21 Å². The van der Waals surface area contributed by atoms with Gasteiger partial charge in [-0.2, -0.15) is 0 Å². The zero-order chi connectivity index (χ0) is 7.33. The van der Waals surface area contributed by atoms with Crippen LogP contribution in [-0.4, -0.2) is 26.2 Å². The fourth-order valence-corrected chi connectivity index (χ4v) is 0.435. The molecule has 0 fully saturated rings. The molecule has 0 bridgehead atoms. The first-order valence-electron chi connectivity index (χ1n) is 2.78. The zero-order valence-electron chi connectivity index (χ0n) is 6.10. The first kappa shape index (κ1) is 8.59. The van der Waals surface area contributed by atoms with Crippen molar-refractivity contribution in [1.29, 1.82) is 5.41 Å². The van der Waals surface area contributed by atoms with Crippen molar-refractivity contribution in [3.05, 3.63) is 0 Å². The number of methoxy groups -OCH3 is 2. The van der Waals surface area contributed by atoms with Crippen LogP contribution in [0.1, 0.15) is 13.3 Å². The van der Waals surface area contributed by atoms with Crippen LogP contribution in [0.5, 0.6) is 0 Å². The van der Waals surface area contributed by atoms with Gasteiger partial charge in [-0.3, -0.25) is 0 Å². The zero-order valence-corrected chi connectivity index (χ0v) is 6.10. The molecule has 3 nitrogen and oxygen atoms in total. The maximum atomic E-state index is 6.78. The van der Waals surface area contributed by atoms with Crippen LogP contribution >= 0.6 is 0 Å². The van der Waals surface area contributed by atoms with Gasteiger partial charge in [-0.1, -0.05) is 0 Å². The molecule has 0 aliphatic carbocycles. The summed E-state index contributed by atoms with van der Waals surface area (Å²) in [6.45, 7) is 1.79. The average Bonchev–Trinajstić information content (AvgIpc) is 1.89. The van der Waals surface area contributed by atoms with Crippen molar-refractivity contribution in [2.24, 2.45) is 0 Å². The van der Waals surface area contributed by atoms with E-state index in [1.807, 2.05) is 0 Å². The van der Waals surface area contributed by atoms with Crippen LogP contribution in [0.15, 0.2) is 0 Å². The van der Waals surface area contributed by atoms with E-state index in [9.17, 15) is 0 Å². The second kappa shape index (κ2) is 3.58. The van der Waals surface area contributed by atoms with Gasteiger partial charge in [0.05, 0.1) is 0 Å². The van der Waals surface area contributed by atoms with E-state index in [-0.39, 0.29) is 0 Å². The molecule has 0 spiro atoms. The molecule has 0 aromatic rings. The molecule has 0 aliphatic rings. The van der Waals surface area contributed by atoms with Gasteiger partial charge in [0.1, 0.15) is 0 Å². The lowest BCUT2D eigenvalue weighted by molar-refractivity contribution is -0.186. The second-order valence-corrected chi connectivity index (χ2v) is 1.95. The summed E-state index contributed by atoms with van der Waals surface area (Å²) in [6.07, 6.45) is 1.76. The Kier molecular flexibility index (Phi) is 3.42. The van der Waals surface area contributed by atoms with Crippen LogP contribution in [0.4, 0.5) is 0 Å². The molecule has 3 heteroatoms. The molecule has 0 radical (unpaired) electrons. The van der Waals surface area contributed by atoms with E-state index in [1.54, 1.807) is 21.1 Å². The SMILES string of the molecule is COC(C)(CC=N)OC. The largest absolute Gasteiger partial charge is 0.353 e. The fourth-order valence-electron chi connectivity index (χ4n) is 0.435. The topological polar surface area (TPSA) is 42.3 Å². The summed E-state index contributed by atoms with van der Waals surface area (Å²) in [4.78, 5) is 0. The monoisotopic (exact) mass is 131 g/mol. The molecule has 0 aromatic carbocycles. The van der Waals surface area contributed by atoms with Crippen LogP contribution in [0.25, 0.3) is 0 Å². The number of hydrogen-bond donors (Lipinski definition) is 1. The third-order valence-electron chi connectivity index (χ3n) is 1.34. The van der Waals surface area contributed by atoms with Gasteiger partial charge < -0.3 is 14.9 Å². The molecule has 1 N–H and O–H groups in total. The molecular formula is C6H13NO2. The maximum Gasteiger partial charge on any atom is 0.169 e. The van der Waals surface area contributed by atoms with Crippen molar-refractivity contribution in [3.8, 4) is 0 Å². The van der Waals surface area contributed by atoms with E-state index in [1.165, 1.54) is 6.21 Å². The summed E-state index contributed by atoms with van der Waals surface area (Å²) in [6, 6.07) is 0. The van der Waals surface area contributed by atoms with E-state index in [0.29, 0.717) is 6.42 Å². The summed E-state index contributed by atoms with van der Waals surface area (Å²) in [5, 5.41) is 6.78. The third kappa shape index (κ3) is 2.58. The fraction of sp³-hybridized carbons (Fsp3) is 0.833. The molecule has 0 saturated carbocycles. The number of hydrogen-bond acceptors (Lipinski definition) is 3. The molecule has 0 saturated heterocycles. The Hall–Kier alpha value is -0.410. The summed E-state index contributed by atoms with van der Waals surface area (Å²) in [7, 11) is 3.12. The van der Waals surface area contributed by atoms with Crippen molar-refractivity contribution in [2.45, 2.75) is 19.1 Å². The molecular weight excluding hydrogens is 118 g/mol. The van der Waals surface area contributed by atoms with Gasteiger partial charge in [0.2, 0.25) is 0 Å². The highest BCUT2D eigenvalue weighted by atomic mass is 16.7. The Morgan fingerprint density at radius 2 is 1.89 bits per heavy atom. The van der Waals surface area contributed by atoms with Crippen molar-refractivity contribution in [1.82, 2.24) is 0 Å². The van der Waals surface area contributed by atoms with Gasteiger partial charge in [-0.05, 0) is 6.92 Å². The Bertz CT molecular complexity index is 89.1. The van der Waals surface area contributed by atoms with E-state index in [2.05, 4.69) is 0 Å². The van der Waals surface area contributed by atoms with E-state index in [0.717, 1.165) is 0 Å². The Balaban J connectivity index is 3.75. The molecule has 0 rings (SSSR count). The first-order chi connectivity index (χ1) is 4.18. The molecule has 0 atom stereocenters. The smallest absolute Gasteiger partial charge is 0.169 e. The lowest BCUT2D eigenvalue weighted by atomic mass is 10.2. The molecule has 0 aromatic heterocycles. The summed E-state index contributed by atoms with van der Waals surface area (Å²) >= 11 is 0. The first-order valence-corrected chi connectivity index (χ1v) is 2.78. The van der Waals surface area contributed by atoms with Gasteiger partial charge in [0.15, 0.2) is 5.79 Å². The highest BCUT2D eigenvalue weighted by molar-refractivity contribution is 5.54. The molecule has 0 heterocycles. The van der Waals surface area contributed by atoms with Crippen molar-refractivity contribution in [3.63, 3.8) is 0 Å². The van der Waals surface area contributed by atoms with Crippen LogP contribution < -0.4 is 0 Å². The van der Waals surface area contributed by atoms with E-state index >= 15 is 0 Å². The minimum Gasteiger partial charge on any atom is -0.353 e. The molecule has 9 heavy (non-hydrogen) atoms. The molecule has 54 valence electrons. The third-order valence-corrected chi connectivity index (χ3v) is 1.34. The van der Waals surface area contributed by atoms with Crippen LogP contribution in [0.3, 0.4) is 0 Å². The highest BCUT2D eigenvalue weighted by Crippen LogP contribution is 2.12. The quantitative estimate of drug-likeness (QED) is 0.457. The normalized spacial score (nSPS) is 11.4. The van der Waals surface area contributed by atoms with Crippen molar-refractivity contribution in [2.75, 3.05) is 14.2 Å². The standard InChI is InChI=1S/C6H13NO2/c1-6(8-2,9-3)4-5-7/h5,7H,4H2,1-3H3. The molecule has 0 aliphatic heterocycles. The Morgan fingerprint density at radius 3 is 2.00 bits per heavy atom. The van der Waals surface area contributed by atoms with E-state index in [4.69, 9.17) is 14.9 Å². The van der Waals surface area contributed by atoms with Gasteiger partial charge in [0.25, 0.3) is 0 Å². The average molecular weight is 131 g/mol. The van der Waals surface area contributed by atoms with Crippen molar-refractivity contribution < 1.29 is 9.47 Å². The number of rotatable bonds is 4. The van der Waals surface area contributed by atoms with Gasteiger partial charge in [-0.25, -0.2) is 0 Å². The van der Waals surface area contributed by atoms with Crippen LogP contribution in [0, 0.1) is 5.41 Å². The second-order valence-electron chi connectivity index (χ2n) is 1.95. The highest BCUT2D eigenvalue weighted by Gasteiger charge is 2.19. The maximum absolute atomic E-state index is 6.78. The molecule has 0 unspecified atom stereocenters. The number of ether oxygens (including phenoxy) is 2.